The van der Waals surface area contributed by atoms with Crippen molar-refractivity contribution >= 4 is 0 Å². The molecule has 1 atom stereocenters. The predicted octanol–water partition coefficient (Wildman–Crippen LogP) is 3.40. The Morgan fingerprint density at radius 3 is 2.26 bits per heavy atom. The zero-order valence-corrected chi connectivity index (χ0v) is 11.3. The number of ether oxygens (including phenoxy) is 1. The summed E-state index contributed by atoms with van der Waals surface area (Å²) in [6.07, 6.45) is 0.853. The van der Waals surface area contributed by atoms with E-state index in [2.05, 4.69) is 12.1 Å². The van der Waals surface area contributed by atoms with Gasteiger partial charge in [0.15, 0.2) is 0 Å². The van der Waals surface area contributed by atoms with Crippen LogP contribution in [-0.4, -0.2) is 18.3 Å². The smallest absolute Gasteiger partial charge is 0.119 e. The Kier molecular flexibility index (Phi) is 4.99. The first-order valence-corrected chi connectivity index (χ1v) is 6.71. The maximum atomic E-state index is 9.58. The van der Waals surface area contributed by atoms with E-state index in [0.29, 0.717) is 6.61 Å². The third-order valence-corrected chi connectivity index (χ3v) is 3.21. The number of hydrogen-bond donors (Lipinski definition) is 1. The monoisotopic (exact) mass is 256 g/mol. The molecule has 0 aliphatic heterocycles. The Labute approximate surface area is 114 Å². The van der Waals surface area contributed by atoms with Gasteiger partial charge in [-0.1, -0.05) is 42.5 Å². The van der Waals surface area contributed by atoms with Crippen molar-refractivity contribution in [2.75, 3.05) is 13.2 Å². The van der Waals surface area contributed by atoms with Crippen molar-refractivity contribution in [3.05, 3.63) is 65.7 Å². The molecule has 0 heterocycles. The van der Waals surface area contributed by atoms with Crippen LogP contribution in [0.25, 0.3) is 0 Å². The molecule has 0 bridgehead atoms. The van der Waals surface area contributed by atoms with Crippen molar-refractivity contribution in [1.82, 2.24) is 0 Å². The summed E-state index contributed by atoms with van der Waals surface area (Å²) in [5.74, 6) is 1.01. The normalized spacial score (nSPS) is 12.1. The first-order chi connectivity index (χ1) is 9.33. The van der Waals surface area contributed by atoms with E-state index in [1.165, 1.54) is 5.56 Å². The van der Waals surface area contributed by atoms with Crippen LogP contribution in [0.3, 0.4) is 0 Å². The molecule has 2 aromatic carbocycles. The molecule has 2 rings (SSSR count). The van der Waals surface area contributed by atoms with Crippen LogP contribution in [0.5, 0.6) is 5.75 Å². The molecule has 0 radical (unpaired) electrons. The van der Waals surface area contributed by atoms with E-state index < -0.39 is 0 Å². The molecule has 0 aliphatic rings. The molecule has 0 fully saturated rings. The molecule has 1 N–H and O–H groups in total. The van der Waals surface area contributed by atoms with E-state index in [-0.39, 0.29) is 12.5 Å². The van der Waals surface area contributed by atoms with Gasteiger partial charge in [-0.2, -0.15) is 0 Å². The van der Waals surface area contributed by atoms with Gasteiger partial charge >= 0.3 is 0 Å². The summed E-state index contributed by atoms with van der Waals surface area (Å²) in [6, 6.07) is 18.3. The summed E-state index contributed by atoms with van der Waals surface area (Å²) >= 11 is 0. The third kappa shape index (κ3) is 3.83. The highest BCUT2D eigenvalue weighted by Gasteiger charge is 2.11. The zero-order chi connectivity index (χ0) is 13.5. The molecule has 2 heteroatoms. The molecule has 2 nitrogen and oxygen atoms in total. The number of aliphatic hydroxyl groups excluding tert-OH is 1. The van der Waals surface area contributed by atoms with Crippen LogP contribution >= 0.6 is 0 Å². The van der Waals surface area contributed by atoms with Crippen LogP contribution in [-0.2, 0) is 6.42 Å². The third-order valence-electron chi connectivity index (χ3n) is 3.21. The van der Waals surface area contributed by atoms with Crippen LogP contribution in [0.4, 0.5) is 0 Å². The highest BCUT2D eigenvalue weighted by Crippen LogP contribution is 2.23. The number of rotatable bonds is 6. The minimum absolute atomic E-state index is 0.137. The first kappa shape index (κ1) is 13.6. The molecular formula is C17H20O2. The number of aliphatic hydroxyl groups is 1. The van der Waals surface area contributed by atoms with Gasteiger partial charge in [0.2, 0.25) is 0 Å². The van der Waals surface area contributed by atoms with Crippen LogP contribution in [0.15, 0.2) is 54.6 Å². The van der Waals surface area contributed by atoms with Gasteiger partial charge in [0.1, 0.15) is 5.75 Å². The van der Waals surface area contributed by atoms with Crippen molar-refractivity contribution in [2.24, 2.45) is 0 Å². The summed E-state index contributed by atoms with van der Waals surface area (Å²) in [5, 5.41) is 9.58. The Hall–Kier alpha value is -1.80. The maximum absolute atomic E-state index is 9.58. The summed E-state index contributed by atoms with van der Waals surface area (Å²) < 4.78 is 5.43. The molecule has 19 heavy (non-hydrogen) atoms. The van der Waals surface area contributed by atoms with Gasteiger partial charge < -0.3 is 9.84 Å². The molecule has 0 amide bonds. The average molecular weight is 256 g/mol. The minimum Gasteiger partial charge on any atom is -0.494 e. The summed E-state index contributed by atoms with van der Waals surface area (Å²) in [4.78, 5) is 0. The van der Waals surface area contributed by atoms with E-state index in [9.17, 15) is 5.11 Å². The number of hydrogen-bond acceptors (Lipinski definition) is 2. The summed E-state index contributed by atoms with van der Waals surface area (Å²) in [5.41, 5.74) is 2.39. The van der Waals surface area contributed by atoms with Crippen LogP contribution in [0.1, 0.15) is 24.0 Å². The Balaban J connectivity index is 2.08. The van der Waals surface area contributed by atoms with Gasteiger partial charge in [0.25, 0.3) is 0 Å². The van der Waals surface area contributed by atoms with Gasteiger partial charge in [-0.3, -0.25) is 0 Å². The quantitative estimate of drug-likeness (QED) is 0.858. The van der Waals surface area contributed by atoms with Gasteiger partial charge in [-0.25, -0.2) is 0 Å². The standard InChI is InChI=1S/C17H20O2/c1-2-19-17-10-8-15(9-11-17)16(13-18)12-14-6-4-3-5-7-14/h3-11,16,18H,2,12-13H2,1H3. The lowest BCUT2D eigenvalue weighted by Crippen LogP contribution is -2.07. The first-order valence-electron chi connectivity index (χ1n) is 6.71. The van der Waals surface area contributed by atoms with E-state index in [1.807, 2.05) is 49.4 Å². The maximum Gasteiger partial charge on any atom is 0.119 e. The van der Waals surface area contributed by atoms with E-state index in [0.717, 1.165) is 17.7 Å². The molecule has 0 aromatic heterocycles. The largest absolute Gasteiger partial charge is 0.494 e. The summed E-state index contributed by atoms with van der Waals surface area (Å²) in [6.45, 7) is 2.80. The highest BCUT2D eigenvalue weighted by molar-refractivity contribution is 5.31. The Morgan fingerprint density at radius 2 is 1.68 bits per heavy atom. The second-order valence-corrected chi connectivity index (χ2v) is 4.57. The van der Waals surface area contributed by atoms with Gasteiger partial charge in [-0.05, 0) is 36.6 Å². The van der Waals surface area contributed by atoms with Crippen molar-refractivity contribution in [1.29, 1.82) is 0 Å². The molecule has 0 saturated heterocycles. The fourth-order valence-electron chi connectivity index (χ4n) is 2.19. The van der Waals surface area contributed by atoms with E-state index >= 15 is 0 Å². The fraction of sp³-hybridized carbons (Fsp3) is 0.294. The van der Waals surface area contributed by atoms with E-state index in [1.54, 1.807) is 0 Å². The van der Waals surface area contributed by atoms with E-state index in [4.69, 9.17) is 4.74 Å². The molecular weight excluding hydrogens is 236 g/mol. The highest BCUT2D eigenvalue weighted by atomic mass is 16.5. The van der Waals surface area contributed by atoms with Gasteiger partial charge in [-0.15, -0.1) is 0 Å². The SMILES string of the molecule is CCOc1ccc(C(CO)Cc2ccccc2)cc1. The second-order valence-electron chi connectivity index (χ2n) is 4.57. The van der Waals surface area contributed by atoms with Gasteiger partial charge in [0.05, 0.1) is 13.2 Å². The second kappa shape index (κ2) is 6.95. The lowest BCUT2D eigenvalue weighted by molar-refractivity contribution is 0.264. The topological polar surface area (TPSA) is 29.5 Å². The van der Waals surface area contributed by atoms with Crippen LogP contribution in [0.2, 0.25) is 0 Å². The predicted molar refractivity (Wildman–Crippen MR) is 77.6 cm³/mol. The van der Waals surface area contributed by atoms with Crippen molar-refractivity contribution in [3.63, 3.8) is 0 Å². The number of benzene rings is 2. The minimum atomic E-state index is 0.137. The average Bonchev–Trinajstić information content (AvgIpc) is 2.47. The summed E-state index contributed by atoms with van der Waals surface area (Å²) in [7, 11) is 0. The molecule has 0 saturated carbocycles. The molecule has 100 valence electrons. The van der Waals surface area contributed by atoms with Crippen molar-refractivity contribution in [3.8, 4) is 5.75 Å². The van der Waals surface area contributed by atoms with Crippen molar-refractivity contribution in [2.45, 2.75) is 19.3 Å². The van der Waals surface area contributed by atoms with Gasteiger partial charge in [0, 0.05) is 5.92 Å². The molecule has 2 aromatic rings. The van der Waals surface area contributed by atoms with Crippen LogP contribution < -0.4 is 4.74 Å². The molecule has 1 unspecified atom stereocenters. The molecule has 0 aliphatic carbocycles. The van der Waals surface area contributed by atoms with Crippen LogP contribution in [0, 0.1) is 0 Å². The lowest BCUT2D eigenvalue weighted by atomic mass is 9.93. The van der Waals surface area contributed by atoms with Crippen molar-refractivity contribution < 1.29 is 9.84 Å². The zero-order valence-electron chi connectivity index (χ0n) is 11.3. The Morgan fingerprint density at radius 1 is 1.00 bits per heavy atom. The Bertz CT molecular complexity index is 476. The fourth-order valence-corrected chi connectivity index (χ4v) is 2.19. The molecule has 0 spiro atoms. The lowest BCUT2D eigenvalue weighted by Gasteiger charge is -2.15.